The van der Waals surface area contributed by atoms with Gasteiger partial charge in [0.1, 0.15) is 11.4 Å². The van der Waals surface area contributed by atoms with Crippen LogP contribution in [0.3, 0.4) is 0 Å². The molecule has 166 valence electrons. The summed E-state index contributed by atoms with van der Waals surface area (Å²) in [5.74, 6) is 0.448. The molecule has 1 N–H and O–H groups in total. The Morgan fingerprint density at radius 3 is 2.27 bits per heavy atom. The van der Waals surface area contributed by atoms with Gasteiger partial charge in [-0.1, -0.05) is 36.4 Å². The van der Waals surface area contributed by atoms with Crippen LogP contribution in [0.25, 0.3) is 17.1 Å². The van der Waals surface area contributed by atoms with Crippen LogP contribution >= 0.6 is 0 Å². The first kappa shape index (κ1) is 20.8. The van der Waals surface area contributed by atoms with Crippen molar-refractivity contribution in [1.29, 1.82) is 0 Å². The predicted molar refractivity (Wildman–Crippen MR) is 124 cm³/mol. The summed E-state index contributed by atoms with van der Waals surface area (Å²) in [4.78, 5) is 27.8. The molecule has 2 aromatic carbocycles. The summed E-state index contributed by atoms with van der Waals surface area (Å²) < 4.78 is 7.17. The normalized spacial score (nSPS) is 14.2. The zero-order valence-electron chi connectivity index (χ0n) is 18.1. The summed E-state index contributed by atoms with van der Waals surface area (Å²) in [6.45, 7) is 1.13. The lowest BCUT2D eigenvalue weighted by Crippen LogP contribution is -2.46. The third-order valence-corrected chi connectivity index (χ3v) is 5.86. The lowest BCUT2D eigenvalue weighted by molar-refractivity contribution is 0.0689. The van der Waals surface area contributed by atoms with Gasteiger partial charge in [0.15, 0.2) is 5.76 Å². The lowest BCUT2D eigenvalue weighted by Gasteiger charge is -2.32. The highest BCUT2D eigenvalue weighted by Crippen LogP contribution is 2.24. The van der Waals surface area contributed by atoms with Crippen molar-refractivity contribution in [2.45, 2.75) is 18.9 Å². The molecule has 7 nitrogen and oxygen atoms in total. The lowest BCUT2D eigenvalue weighted by atomic mass is 10.0. The molecule has 0 atom stereocenters. The van der Waals surface area contributed by atoms with Crippen LogP contribution in [-0.4, -0.2) is 45.6 Å². The molecule has 0 spiro atoms. The first-order valence-electron chi connectivity index (χ1n) is 11.0. The van der Waals surface area contributed by atoms with Crippen LogP contribution in [-0.2, 0) is 0 Å². The number of hydrogen-bond donors (Lipinski definition) is 1. The Hall–Kier alpha value is -4.13. The fourth-order valence-electron chi connectivity index (χ4n) is 4.09. The number of hydrogen-bond acceptors (Lipinski definition) is 4. The average Bonchev–Trinajstić information content (AvgIpc) is 3.56. The number of rotatable bonds is 5. The molecule has 0 radical (unpaired) electrons. The van der Waals surface area contributed by atoms with Gasteiger partial charge in [0.25, 0.3) is 11.8 Å². The molecular formula is C26H24N4O3. The minimum atomic E-state index is -0.0861. The molecule has 4 aromatic rings. The number of benzene rings is 2. The Morgan fingerprint density at radius 2 is 1.61 bits per heavy atom. The first-order valence-corrected chi connectivity index (χ1v) is 11.0. The first-order chi connectivity index (χ1) is 16.2. The summed E-state index contributed by atoms with van der Waals surface area (Å²) in [7, 11) is 0. The Bertz CT molecular complexity index is 1230. The van der Waals surface area contributed by atoms with Crippen molar-refractivity contribution in [3.63, 3.8) is 0 Å². The van der Waals surface area contributed by atoms with E-state index in [9.17, 15) is 9.59 Å². The standard InChI is InChI=1S/C26H24N4O3/c31-25(19-8-3-1-4-9-19)27-20-13-15-29(16-14-20)26(32)23-18-22(24-12-7-17-33-24)28-30(23)21-10-5-2-6-11-21/h1-12,17-18,20H,13-16H2,(H,27,31). The Labute approximate surface area is 191 Å². The van der Waals surface area contributed by atoms with Crippen LogP contribution < -0.4 is 5.32 Å². The van der Waals surface area contributed by atoms with Crippen LogP contribution in [0.15, 0.2) is 89.5 Å². The van der Waals surface area contributed by atoms with E-state index in [1.165, 1.54) is 0 Å². The number of carbonyl (C=O) groups excluding carboxylic acids is 2. The van der Waals surface area contributed by atoms with E-state index in [-0.39, 0.29) is 17.9 Å². The van der Waals surface area contributed by atoms with Gasteiger partial charge in [0.2, 0.25) is 0 Å². The zero-order valence-corrected chi connectivity index (χ0v) is 18.1. The number of aromatic nitrogens is 2. The third-order valence-electron chi connectivity index (χ3n) is 5.86. The molecule has 1 aliphatic heterocycles. The van der Waals surface area contributed by atoms with E-state index in [0.717, 1.165) is 5.69 Å². The average molecular weight is 441 g/mol. The Balaban J connectivity index is 1.31. The van der Waals surface area contributed by atoms with E-state index in [0.29, 0.717) is 48.6 Å². The summed E-state index contributed by atoms with van der Waals surface area (Å²) in [5, 5.41) is 7.73. The van der Waals surface area contributed by atoms with Crippen molar-refractivity contribution in [2.75, 3.05) is 13.1 Å². The number of piperidine rings is 1. The maximum Gasteiger partial charge on any atom is 0.272 e. The monoisotopic (exact) mass is 440 g/mol. The quantitative estimate of drug-likeness (QED) is 0.505. The van der Waals surface area contributed by atoms with E-state index < -0.39 is 0 Å². The van der Waals surface area contributed by atoms with E-state index >= 15 is 0 Å². The summed E-state index contributed by atoms with van der Waals surface area (Å²) in [6, 6.07) is 24.2. The van der Waals surface area contributed by atoms with Crippen molar-refractivity contribution in [3.05, 3.63) is 96.4 Å². The van der Waals surface area contributed by atoms with E-state index in [1.54, 1.807) is 35.2 Å². The van der Waals surface area contributed by atoms with Gasteiger partial charge in [-0.2, -0.15) is 5.10 Å². The molecule has 33 heavy (non-hydrogen) atoms. The molecule has 1 fully saturated rings. The number of nitrogens with one attached hydrogen (secondary N) is 1. The molecular weight excluding hydrogens is 416 g/mol. The zero-order chi connectivity index (χ0) is 22.6. The molecule has 5 rings (SSSR count). The van der Waals surface area contributed by atoms with Gasteiger partial charge in [-0.25, -0.2) is 4.68 Å². The van der Waals surface area contributed by atoms with Gasteiger partial charge < -0.3 is 14.6 Å². The fourth-order valence-corrected chi connectivity index (χ4v) is 4.09. The Morgan fingerprint density at radius 1 is 0.909 bits per heavy atom. The fraction of sp³-hybridized carbons (Fsp3) is 0.192. The van der Waals surface area contributed by atoms with Crippen LogP contribution in [0.4, 0.5) is 0 Å². The molecule has 0 aliphatic carbocycles. The third kappa shape index (κ3) is 4.43. The van der Waals surface area contributed by atoms with Gasteiger partial charge in [0, 0.05) is 30.8 Å². The molecule has 3 heterocycles. The number of amides is 2. The van der Waals surface area contributed by atoms with Gasteiger partial charge in [-0.05, 0) is 49.2 Å². The van der Waals surface area contributed by atoms with E-state index in [2.05, 4.69) is 10.4 Å². The second kappa shape index (κ2) is 9.16. The highest BCUT2D eigenvalue weighted by atomic mass is 16.3. The second-order valence-corrected chi connectivity index (χ2v) is 8.05. The number of nitrogens with zero attached hydrogens (tertiary/aromatic N) is 3. The smallest absolute Gasteiger partial charge is 0.272 e. The van der Waals surface area contributed by atoms with Crippen molar-refractivity contribution in [2.24, 2.45) is 0 Å². The number of likely N-dealkylation sites (tertiary alicyclic amines) is 1. The summed E-state index contributed by atoms with van der Waals surface area (Å²) in [5.41, 5.74) is 2.55. The molecule has 1 saturated heterocycles. The largest absolute Gasteiger partial charge is 0.463 e. The van der Waals surface area contributed by atoms with Crippen molar-refractivity contribution < 1.29 is 14.0 Å². The molecule has 2 amide bonds. The van der Waals surface area contributed by atoms with E-state index in [4.69, 9.17) is 4.42 Å². The Kier molecular flexibility index (Phi) is 5.76. The van der Waals surface area contributed by atoms with Crippen molar-refractivity contribution >= 4 is 11.8 Å². The molecule has 2 aromatic heterocycles. The summed E-state index contributed by atoms with van der Waals surface area (Å²) in [6.07, 6.45) is 3.00. The topological polar surface area (TPSA) is 80.4 Å². The number of furan rings is 1. The molecule has 1 aliphatic rings. The minimum Gasteiger partial charge on any atom is -0.463 e. The molecule has 0 bridgehead atoms. The van der Waals surface area contributed by atoms with Gasteiger partial charge in [-0.15, -0.1) is 0 Å². The molecule has 7 heteroatoms. The van der Waals surface area contributed by atoms with Crippen molar-refractivity contribution in [3.8, 4) is 17.1 Å². The maximum absolute atomic E-state index is 13.5. The van der Waals surface area contributed by atoms with Crippen LogP contribution in [0, 0.1) is 0 Å². The van der Waals surface area contributed by atoms with Gasteiger partial charge in [-0.3, -0.25) is 9.59 Å². The second-order valence-electron chi connectivity index (χ2n) is 8.05. The van der Waals surface area contributed by atoms with Crippen LogP contribution in [0.5, 0.6) is 0 Å². The highest BCUT2D eigenvalue weighted by Gasteiger charge is 2.28. The summed E-state index contributed by atoms with van der Waals surface area (Å²) >= 11 is 0. The van der Waals surface area contributed by atoms with Gasteiger partial charge in [0.05, 0.1) is 12.0 Å². The SMILES string of the molecule is O=C(NC1CCN(C(=O)c2cc(-c3ccco3)nn2-c2ccccc2)CC1)c1ccccc1. The molecule has 0 unspecified atom stereocenters. The van der Waals surface area contributed by atoms with Crippen LogP contribution in [0.2, 0.25) is 0 Å². The van der Waals surface area contributed by atoms with E-state index in [1.807, 2.05) is 59.5 Å². The number of carbonyl (C=O) groups is 2. The minimum absolute atomic E-state index is 0.0412. The van der Waals surface area contributed by atoms with Gasteiger partial charge >= 0.3 is 0 Å². The maximum atomic E-state index is 13.5. The van der Waals surface area contributed by atoms with Crippen LogP contribution in [0.1, 0.15) is 33.7 Å². The highest BCUT2D eigenvalue weighted by molar-refractivity contribution is 5.95. The molecule has 0 saturated carbocycles. The predicted octanol–water partition coefficient (Wildman–Crippen LogP) is 4.17. The van der Waals surface area contributed by atoms with Crippen molar-refractivity contribution in [1.82, 2.24) is 20.0 Å². The number of para-hydroxylation sites is 1.